The highest BCUT2D eigenvalue weighted by atomic mass is 16.2. The highest BCUT2D eigenvalue weighted by Gasteiger charge is 2.37. The maximum Gasteiger partial charge on any atom is 0.243 e. The first-order valence-electron chi connectivity index (χ1n) is 8.92. The summed E-state index contributed by atoms with van der Waals surface area (Å²) in [5.74, 6) is -0.0690. The van der Waals surface area contributed by atoms with Gasteiger partial charge in [-0.05, 0) is 30.0 Å². The Balaban J connectivity index is 1.58. The number of carbonyl (C=O) groups excluding carboxylic acids is 2. The number of anilines is 1. The minimum absolute atomic E-state index is 0.00520. The molecule has 1 N–H and O–H groups in total. The van der Waals surface area contributed by atoms with Gasteiger partial charge in [-0.2, -0.15) is 0 Å². The Morgan fingerprint density at radius 3 is 2.56 bits per heavy atom. The van der Waals surface area contributed by atoms with Crippen molar-refractivity contribution in [3.63, 3.8) is 0 Å². The lowest BCUT2D eigenvalue weighted by molar-refractivity contribution is -0.126. The number of nitrogens with zero attached hydrogens (tertiary/aromatic N) is 1. The van der Waals surface area contributed by atoms with E-state index in [4.69, 9.17) is 0 Å². The van der Waals surface area contributed by atoms with E-state index in [1.165, 1.54) is 5.56 Å². The van der Waals surface area contributed by atoms with Crippen LogP contribution in [0, 0.1) is 0 Å². The van der Waals surface area contributed by atoms with Crippen LogP contribution in [-0.4, -0.2) is 24.4 Å². The van der Waals surface area contributed by atoms with Crippen molar-refractivity contribution in [3.05, 3.63) is 65.7 Å². The Labute approximate surface area is 148 Å². The zero-order valence-corrected chi connectivity index (χ0v) is 14.6. The lowest BCUT2D eigenvalue weighted by atomic mass is 10.1. The number of hydrogen-bond acceptors (Lipinski definition) is 2. The molecule has 3 rings (SSSR count). The van der Waals surface area contributed by atoms with Crippen LogP contribution < -0.4 is 10.2 Å². The second-order valence-corrected chi connectivity index (χ2v) is 6.35. The fourth-order valence-corrected chi connectivity index (χ4v) is 3.34. The van der Waals surface area contributed by atoms with Gasteiger partial charge in [-0.25, -0.2) is 0 Å². The number of nitrogens with one attached hydrogen (secondary N) is 1. The Kier molecular flexibility index (Phi) is 5.49. The average molecular weight is 336 g/mol. The van der Waals surface area contributed by atoms with Gasteiger partial charge < -0.3 is 5.32 Å². The monoisotopic (exact) mass is 336 g/mol. The van der Waals surface area contributed by atoms with Gasteiger partial charge >= 0.3 is 0 Å². The number of fused-ring (bicyclic) bond motifs is 1. The van der Waals surface area contributed by atoms with Crippen molar-refractivity contribution in [2.24, 2.45) is 0 Å². The molecule has 0 fully saturated rings. The highest BCUT2D eigenvalue weighted by Crippen LogP contribution is 2.32. The summed E-state index contributed by atoms with van der Waals surface area (Å²) >= 11 is 0. The fraction of sp³-hybridized carbons (Fsp3) is 0.333. The molecule has 2 aromatic rings. The van der Waals surface area contributed by atoms with E-state index in [-0.39, 0.29) is 11.8 Å². The van der Waals surface area contributed by atoms with Crippen LogP contribution in [0.1, 0.15) is 30.9 Å². The topological polar surface area (TPSA) is 49.4 Å². The van der Waals surface area contributed by atoms with Gasteiger partial charge in [0.25, 0.3) is 0 Å². The maximum atomic E-state index is 12.7. The SMILES string of the molecule is CCC(=O)N1c2ccccc2C[C@@H]1C(=O)NCCCc1ccccc1. The molecule has 1 heterocycles. The van der Waals surface area contributed by atoms with Gasteiger partial charge in [-0.3, -0.25) is 14.5 Å². The molecular weight excluding hydrogens is 312 g/mol. The van der Waals surface area contributed by atoms with Crippen LogP contribution in [0.3, 0.4) is 0 Å². The fourth-order valence-electron chi connectivity index (χ4n) is 3.34. The molecule has 0 aromatic heterocycles. The van der Waals surface area contributed by atoms with Gasteiger partial charge in [0, 0.05) is 25.1 Å². The van der Waals surface area contributed by atoms with Crippen LogP contribution in [0.2, 0.25) is 0 Å². The summed E-state index contributed by atoms with van der Waals surface area (Å²) in [5, 5.41) is 3.01. The smallest absolute Gasteiger partial charge is 0.243 e. The van der Waals surface area contributed by atoms with Crippen molar-refractivity contribution in [2.75, 3.05) is 11.4 Å². The molecule has 25 heavy (non-hydrogen) atoms. The maximum absolute atomic E-state index is 12.7. The second kappa shape index (κ2) is 7.97. The molecule has 0 radical (unpaired) electrons. The molecular formula is C21H24N2O2. The normalized spacial score (nSPS) is 15.7. The zero-order chi connectivity index (χ0) is 17.6. The lowest BCUT2D eigenvalue weighted by Crippen LogP contribution is -2.48. The van der Waals surface area contributed by atoms with E-state index in [0.29, 0.717) is 19.4 Å². The zero-order valence-electron chi connectivity index (χ0n) is 14.6. The number of aryl methyl sites for hydroxylation is 1. The molecule has 0 saturated heterocycles. The van der Waals surface area contributed by atoms with Crippen molar-refractivity contribution < 1.29 is 9.59 Å². The van der Waals surface area contributed by atoms with Crippen LogP contribution in [0.15, 0.2) is 54.6 Å². The van der Waals surface area contributed by atoms with Crippen molar-refractivity contribution in [3.8, 4) is 0 Å². The van der Waals surface area contributed by atoms with Gasteiger partial charge in [-0.1, -0.05) is 55.5 Å². The third-order valence-electron chi connectivity index (χ3n) is 4.63. The summed E-state index contributed by atoms with van der Waals surface area (Å²) in [6.45, 7) is 2.45. The molecule has 1 aliphatic rings. The summed E-state index contributed by atoms with van der Waals surface area (Å²) in [5.41, 5.74) is 3.21. The van der Waals surface area contributed by atoms with Gasteiger partial charge in [0.1, 0.15) is 6.04 Å². The molecule has 1 aliphatic heterocycles. The summed E-state index contributed by atoms with van der Waals surface area (Å²) in [6.07, 6.45) is 2.80. The largest absolute Gasteiger partial charge is 0.354 e. The molecule has 0 bridgehead atoms. The summed E-state index contributed by atoms with van der Waals surface area (Å²) in [4.78, 5) is 26.7. The van der Waals surface area contributed by atoms with E-state index >= 15 is 0 Å². The molecule has 1 atom stereocenters. The van der Waals surface area contributed by atoms with E-state index in [1.54, 1.807) is 4.90 Å². The Hall–Kier alpha value is -2.62. The summed E-state index contributed by atoms with van der Waals surface area (Å²) in [7, 11) is 0. The summed E-state index contributed by atoms with van der Waals surface area (Å²) < 4.78 is 0. The number of carbonyl (C=O) groups is 2. The van der Waals surface area contributed by atoms with Crippen LogP contribution in [0.25, 0.3) is 0 Å². The van der Waals surface area contributed by atoms with Crippen LogP contribution >= 0.6 is 0 Å². The van der Waals surface area contributed by atoms with E-state index in [1.807, 2.05) is 49.4 Å². The predicted octanol–water partition coefficient (Wildman–Crippen LogP) is 3.10. The molecule has 0 unspecified atom stereocenters. The van der Waals surface area contributed by atoms with Gasteiger partial charge in [-0.15, -0.1) is 0 Å². The number of amides is 2. The van der Waals surface area contributed by atoms with Crippen molar-refractivity contribution in [1.29, 1.82) is 0 Å². The molecule has 0 saturated carbocycles. The highest BCUT2D eigenvalue weighted by molar-refractivity contribution is 6.03. The van der Waals surface area contributed by atoms with E-state index < -0.39 is 6.04 Å². The first-order chi connectivity index (χ1) is 12.2. The molecule has 2 amide bonds. The summed E-state index contributed by atoms with van der Waals surface area (Å²) in [6, 6.07) is 17.6. The second-order valence-electron chi connectivity index (χ2n) is 6.35. The first kappa shape index (κ1) is 17.2. The Morgan fingerprint density at radius 1 is 1.08 bits per heavy atom. The lowest BCUT2D eigenvalue weighted by Gasteiger charge is -2.24. The molecule has 0 aliphatic carbocycles. The number of para-hydroxylation sites is 1. The van der Waals surface area contributed by atoms with E-state index in [0.717, 1.165) is 24.1 Å². The average Bonchev–Trinajstić information content (AvgIpc) is 3.05. The number of rotatable bonds is 6. The van der Waals surface area contributed by atoms with E-state index in [2.05, 4.69) is 17.4 Å². The quantitative estimate of drug-likeness (QED) is 0.824. The Morgan fingerprint density at radius 2 is 1.80 bits per heavy atom. The van der Waals surface area contributed by atoms with Gasteiger partial charge in [0.2, 0.25) is 11.8 Å². The third kappa shape index (κ3) is 3.90. The first-order valence-corrected chi connectivity index (χ1v) is 8.92. The minimum Gasteiger partial charge on any atom is -0.354 e. The molecule has 4 nitrogen and oxygen atoms in total. The van der Waals surface area contributed by atoms with E-state index in [9.17, 15) is 9.59 Å². The molecule has 2 aromatic carbocycles. The number of benzene rings is 2. The molecule has 4 heteroatoms. The third-order valence-corrected chi connectivity index (χ3v) is 4.63. The van der Waals surface area contributed by atoms with Gasteiger partial charge in [0.05, 0.1) is 0 Å². The molecule has 0 spiro atoms. The van der Waals surface area contributed by atoms with Crippen LogP contribution in [0.4, 0.5) is 5.69 Å². The van der Waals surface area contributed by atoms with Crippen molar-refractivity contribution in [2.45, 2.75) is 38.6 Å². The Bertz CT molecular complexity index is 743. The molecule has 130 valence electrons. The standard InChI is InChI=1S/C21H24N2O2/c1-2-20(24)23-18-13-7-6-12-17(18)15-19(23)21(25)22-14-8-11-16-9-4-3-5-10-16/h3-7,9-10,12-13,19H,2,8,11,14-15H2,1H3,(H,22,25)/t19-/m1/s1. The minimum atomic E-state index is -0.429. The predicted molar refractivity (Wildman–Crippen MR) is 99.5 cm³/mol. The van der Waals surface area contributed by atoms with Crippen molar-refractivity contribution in [1.82, 2.24) is 5.32 Å². The van der Waals surface area contributed by atoms with Gasteiger partial charge in [0.15, 0.2) is 0 Å². The van der Waals surface area contributed by atoms with Crippen LogP contribution in [0.5, 0.6) is 0 Å². The number of hydrogen-bond donors (Lipinski definition) is 1. The van der Waals surface area contributed by atoms with Crippen LogP contribution in [-0.2, 0) is 22.4 Å². The van der Waals surface area contributed by atoms with Crippen molar-refractivity contribution >= 4 is 17.5 Å².